The van der Waals surface area contributed by atoms with Crippen molar-refractivity contribution in [3.63, 3.8) is 0 Å². The average Bonchev–Trinajstić information content (AvgIpc) is 2.82. The van der Waals surface area contributed by atoms with Crippen LogP contribution in [0.3, 0.4) is 0 Å². The van der Waals surface area contributed by atoms with Crippen molar-refractivity contribution < 1.29 is 21.6 Å². The third-order valence-electron chi connectivity index (χ3n) is 5.14. The van der Waals surface area contributed by atoms with Gasteiger partial charge < -0.3 is 10.6 Å². The number of amides is 1. The van der Waals surface area contributed by atoms with Gasteiger partial charge in [0.05, 0.1) is 10.6 Å². The van der Waals surface area contributed by atoms with E-state index in [4.69, 9.17) is 5.14 Å². The summed E-state index contributed by atoms with van der Waals surface area (Å²) < 4.78 is 47.0. The van der Waals surface area contributed by atoms with Crippen LogP contribution < -0.4 is 15.8 Å². The van der Waals surface area contributed by atoms with Crippen molar-refractivity contribution in [3.05, 3.63) is 71.0 Å². The maximum Gasteiger partial charge on any atom is 0.270 e. The minimum absolute atomic E-state index is 0.0255. The molecule has 0 aliphatic carbocycles. The number of anilines is 2. The van der Waals surface area contributed by atoms with Gasteiger partial charge >= 0.3 is 0 Å². The summed E-state index contributed by atoms with van der Waals surface area (Å²) in [7, 11) is -7.17. The van der Waals surface area contributed by atoms with Gasteiger partial charge in [-0.1, -0.05) is 40.2 Å². The zero-order valence-electron chi connectivity index (χ0n) is 19.3. The number of carbonyl (C=O) groups is 1. The number of nitrogens with zero attached hydrogens (tertiary/aromatic N) is 3. The first kappa shape index (κ1) is 26.6. The Hall–Kier alpha value is -3.46. The Morgan fingerprint density at radius 2 is 1.76 bits per heavy atom. The third kappa shape index (κ3) is 6.65. The van der Waals surface area contributed by atoms with Gasteiger partial charge in [-0.3, -0.25) is 4.79 Å². The summed E-state index contributed by atoms with van der Waals surface area (Å²) in [5.41, 5.74) is 1.85. The van der Waals surface area contributed by atoms with Crippen molar-refractivity contribution in [3.8, 4) is 11.1 Å². The van der Waals surface area contributed by atoms with Crippen LogP contribution in [-0.4, -0.2) is 56.2 Å². The lowest BCUT2D eigenvalue weighted by molar-refractivity contribution is 0.0952. The van der Waals surface area contributed by atoms with Crippen molar-refractivity contribution in [1.82, 2.24) is 20.3 Å². The van der Waals surface area contributed by atoms with Gasteiger partial charge in [0.25, 0.3) is 5.91 Å². The summed E-state index contributed by atoms with van der Waals surface area (Å²) in [6, 6.07) is 15.2. The summed E-state index contributed by atoms with van der Waals surface area (Å²) >= 11 is 3.49. The predicted octanol–water partition coefficient (Wildman–Crippen LogP) is 2.62. The quantitative estimate of drug-likeness (QED) is 0.273. The minimum Gasteiger partial charge on any atom is -0.350 e. The van der Waals surface area contributed by atoms with Gasteiger partial charge in [-0.2, -0.15) is 4.98 Å². The van der Waals surface area contributed by atoms with Crippen LogP contribution in [0.1, 0.15) is 10.5 Å². The molecule has 0 spiro atoms. The van der Waals surface area contributed by atoms with Gasteiger partial charge in [-0.15, -0.1) is 0 Å². The molecule has 0 saturated heterocycles. The fourth-order valence-corrected chi connectivity index (χ4v) is 4.96. The number of nitrogens with two attached hydrogens (primary N) is 1. The summed E-state index contributed by atoms with van der Waals surface area (Å²) in [5, 5.41) is 11.1. The number of aromatic nitrogens is 3. The number of halogens is 1. The fraction of sp³-hybridized carbons (Fsp3) is 0.130. The van der Waals surface area contributed by atoms with Gasteiger partial charge in [-0.25, -0.2) is 31.9 Å². The van der Waals surface area contributed by atoms with E-state index in [0.717, 1.165) is 10.7 Å². The first-order chi connectivity index (χ1) is 17.4. The Morgan fingerprint density at radius 1 is 1.00 bits per heavy atom. The molecule has 2 heterocycles. The molecular weight excluding hydrogens is 584 g/mol. The number of sulfonamides is 1. The van der Waals surface area contributed by atoms with Crippen LogP contribution in [0.5, 0.6) is 0 Å². The molecule has 4 aromatic rings. The number of pyridine rings is 1. The molecule has 0 radical (unpaired) electrons. The van der Waals surface area contributed by atoms with Gasteiger partial charge in [-0.05, 0) is 35.9 Å². The SMILES string of the molecule is CS(=O)(=O)c1cccc(Nc2ncc3cc(-c4ccccc4Br)c(C(=O)NCCS(N)(=O)=O)nc3n2)c1. The highest BCUT2D eigenvalue weighted by atomic mass is 79.9. The standard InChI is InChI=1S/C23H21BrN6O5S2/c1-36(32,33)16-6-4-5-15(12-16)28-23-27-13-14-11-18(17-7-2-3-8-19(17)24)20(29-21(14)30-23)22(31)26-9-10-37(25,34)35/h2-8,11-13H,9-10H2,1H3,(H,26,31)(H2,25,34,35)(H,27,28,29,30). The Bertz CT molecular complexity index is 1730. The highest BCUT2D eigenvalue weighted by molar-refractivity contribution is 9.10. The highest BCUT2D eigenvalue weighted by Crippen LogP contribution is 2.32. The summed E-state index contributed by atoms with van der Waals surface area (Å²) in [5.74, 6) is -0.899. The normalized spacial score (nSPS) is 11.9. The van der Waals surface area contributed by atoms with E-state index >= 15 is 0 Å². The van der Waals surface area contributed by atoms with Crippen molar-refractivity contribution in [1.29, 1.82) is 0 Å². The number of nitrogens with one attached hydrogen (secondary N) is 2. The largest absolute Gasteiger partial charge is 0.350 e. The number of sulfone groups is 1. The molecule has 0 bridgehead atoms. The van der Waals surface area contributed by atoms with E-state index in [9.17, 15) is 21.6 Å². The van der Waals surface area contributed by atoms with Crippen LogP contribution in [0.15, 0.2) is 70.2 Å². The molecule has 0 atom stereocenters. The number of primary sulfonamides is 1. The van der Waals surface area contributed by atoms with Gasteiger partial charge in [0.1, 0.15) is 5.69 Å². The zero-order chi connectivity index (χ0) is 26.8. The van der Waals surface area contributed by atoms with Crippen molar-refractivity contribution >= 4 is 64.4 Å². The van der Waals surface area contributed by atoms with Crippen LogP contribution in [0, 0.1) is 0 Å². The van der Waals surface area contributed by atoms with Crippen LogP contribution in [0.4, 0.5) is 11.6 Å². The van der Waals surface area contributed by atoms with E-state index in [1.54, 1.807) is 30.3 Å². The molecular formula is C23H21BrN6O5S2. The Balaban J connectivity index is 1.75. The number of hydrogen-bond acceptors (Lipinski definition) is 9. The predicted molar refractivity (Wildman–Crippen MR) is 144 cm³/mol. The second-order valence-electron chi connectivity index (χ2n) is 8.02. The molecule has 0 fully saturated rings. The number of carbonyl (C=O) groups excluding carboxylic acids is 1. The van der Waals surface area contributed by atoms with Crippen molar-refractivity contribution in [2.75, 3.05) is 23.9 Å². The molecule has 37 heavy (non-hydrogen) atoms. The van der Waals surface area contributed by atoms with Crippen LogP contribution >= 0.6 is 15.9 Å². The number of fused-ring (bicyclic) bond motifs is 1. The molecule has 4 N–H and O–H groups in total. The Kier molecular flexibility index (Phi) is 7.54. The third-order valence-corrected chi connectivity index (χ3v) is 7.71. The molecule has 0 aliphatic rings. The summed E-state index contributed by atoms with van der Waals surface area (Å²) in [4.78, 5) is 26.3. The molecule has 2 aromatic carbocycles. The maximum absolute atomic E-state index is 13.0. The molecule has 2 aromatic heterocycles. The van der Waals surface area contributed by atoms with Crippen LogP contribution in [0.25, 0.3) is 22.2 Å². The molecule has 4 rings (SSSR count). The van der Waals surface area contributed by atoms with Crippen LogP contribution in [0.2, 0.25) is 0 Å². The minimum atomic E-state index is -3.76. The van der Waals surface area contributed by atoms with Gasteiger partial charge in [0.15, 0.2) is 15.5 Å². The van der Waals surface area contributed by atoms with Crippen LogP contribution in [-0.2, 0) is 19.9 Å². The second kappa shape index (κ2) is 10.5. The summed E-state index contributed by atoms with van der Waals surface area (Å²) in [6.45, 7) is -0.194. The highest BCUT2D eigenvalue weighted by Gasteiger charge is 2.19. The number of rotatable bonds is 8. The van der Waals surface area contributed by atoms with Crippen molar-refractivity contribution in [2.24, 2.45) is 5.14 Å². The Labute approximate surface area is 221 Å². The van der Waals surface area contributed by atoms with Gasteiger partial charge in [0, 0.05) is 40.1 Å². The lowest BCUT2D eigenvalue weighted by atomic mass is 10.0. The molecule has 1 amide bonds. The van der Waals surface area contributed by atoms with E-state index in [0.29, 0.717) is 22.2 Å². The smallest absolute Gasteiger partial charge is 0.270 e. The molecule has 11 nitrogen and oxygen atoms in total. The molecule has 0 unspecified atom stereocenters. The van der Waals surface area contributed by atoms with Gasteiger partial charge in [0.2, 0.25) is 16.0 Å². The molecule has 0 saturated carbocycles. The zero-order valence-corrected chi connectivity index (χ0v) is 22.6. The topological polar surface area (TPSA) is 174 Å². The maximum atomic E-state index is 13.0. The number of benzene rings is 2. The van der Waals surface area contributed by atoms with E-state index in [-0.39, 0.29) is 28.7 Å². The molecule has 14 heteroatoms. The lowest BCUT2D eigenvalue weighted by Crippen LogP contribution is -2.32. The molecule has 192 valence electrons. The molecule has 0 aliphatic heterocycles. The first-order valence-electron chi connectivity index (χ1n) is 10.7. The summed E-state index contributed by atoms with van der Waals surface area (Å²) in [6.07, 6.45) is 2.64. The van der Waals surface area contributed by atoms with E-state index < -0.39 is 31.5 Å². The van der Waals surface area contributed by atoms with E-state index in [2.05, 4.69) is 41.5 Å². The average molecular weight is 605 g/mol. The second-order valence-corrected chi connectivity index (χ2v) is 12.6. The first-order valence-corrected chi connectivity index (χ1v) is 15.1. The monoisotopic (exact) mass is 604 g/mol. The number of hydrogen-bond donors (Lipinski definition) is 3. The fourth-order valence-electron chi connectivity index (χ4n) is 3.41. The van der Waals surface area contributed by atoms with Crippen molar-refractivity contribution in [2.45, 2.75) is 4.90 Å². The van der Waals surface area contributed by atoms with E-state index in [1.807, 2.05) is 12.1 Å². The van der Waals surface area contributed by atoms with E-state index in [1.165, 1.54) is 18.3 Å². The Morgan fingerprint density at radius 3 is 2.46 bits per heavy atom. The lowest BCUT2D eigenvalue weighted by Gasteiger charge is -2.13.